The molecule has 0 fully saturated rings. The Morgan fingerprint density at radius 2 is 2.18 bits per heavy atom. The van der Waals surface area contributed by atoms with Crippen molar-refractivity contribution in [2.45, 2.75) is 12.7 Å². The van der Waals surface area contributed by atoms with Gasteiger partial charge in [0.1, 0.15) is 5.69 Å². The van der Waals surface area contributed by atoms with Gasteiger partial charge < -0.3 is 15.2 Å². The van der Waals surface area contributed by atoms with E-state index in [1.807, 2.05) is 22.5 Å². The van der Waals surface area contributed by atoms with Gasteiger partial charge in [0, 0.05) is 18.1 Å². The van der Waals surface area contributed by atoms with Gasteiger partial charge in [0.25, 0.3) is 5.56 Å². The Kier molecular flexibility index (Phi) is 4.55. The van der Waals surface area contributed by atoms with E-state index >= 15 is 0 Å². The lowest BCUT2D eigenvalue weighted by molar-refractivity contribution is -0.137. The van der Waals surface area contributed by atoms with Crippen LogP contribution in [0, 0.1) is 0 Å². The second-order valence-corrected chi connectivity index (χ2v) is 5.53. The summed E-state index contributed by atoms with van der Waals surface area (Å²) >= 11 is 1.45. The van der Waals surface area contributed by atoms with Crippen LogP contribution in [0.1, 0.15) is 10.4 Å². The molecule has 118 valence electrons. The minimum absolute atomic E-state index is 0.292. The predicted molar refractivity (Wildman–Crippen MR) is 76.9 cm³/mol. The molecule has 0 radical (unpaired) electrons. The van der Waals surface area contributed by atoms with Crippen LogP contribution in [0.2, 0.25) is 0 Å². The maximum absolute atomic E-state index is 12.6. The molecule has 2 rings (SSSR count). The SMILES string of the molecule is CN(Cc1cccs1)C(=O)Nc1cc(C(F)(F)F)c[nH]c1=O. The average Bonchev–Trinajstić information content (AvgIpc) is 2.92. The molecule has 9 heteroatoms. The van der Waals surface area contributed by atoms with Crippen LogP contribution in [-0.4, -0.2) is 23.0 Å². The number of aromatic amines is 1. The van der Waals surface area contributed by atoms with Gasteiger partial charge in [0.2, 0.25) is 0 Å². The highest BCUT2D eigenvalue weighted by molar-refractivity contribution is 7.09. The smallest absolute Gasteiger partial charge is 0.327 e. The first kappa shape index (κ1) is 16.1. The minimum Gasteiger partial charge on any atom is -0.327 e. The van der Waals surface area contributed by atoms with Gasteiger partial charge in [-0.15, -0.1) is 11.3 Å². The van der Waals surface area contributed by atoms with Crippen molar-refractivity contribution in [1.82, 2.24) is 9.88 Å². The largest absolute Gasteiger partial charge is 0.417 e. The van der Waals surface area contributed by atoms with Gasteiger partial charge in [-0.1, -0.05) is 6.07 Å². The maximum atomic E-state index is 12.6. The third-order valence-corrected chi connectivity index (χ3v) is 3.65. The van der Waals surface area contributed by atoms with Crippen LogP contribution >= 0.6 is 11.3 Å². The van der Waals surface area contributed by atoms with Gasteiger partial charge in [0.15, 0.2) is 0 Å². The van der Waals surface area contributed by atoms with E-state index < -0.39 is 29.0 Å². The topological polar surface area (TPSA) is 65.2 Å². The Hall–Kier alpha value is -2.29. The molecule has 0 aliphatic carbocycles. The Morgan fingerprint density at radius 1 is 1.45 bits per heavy atom. The predicted octanol–water partition coefficient (Wildman–Crippen LogP) is 3.12. The molecule has 0 bridgehead atoms. The summed E-state index contributed by atoms with van der Waals surface area (Å²) in [4.78, 5) is 27.6. The standard InChI is InChI=1S/C13H12F3N3O2S/c1-19(7-9-3-2-4-22-9)12(21)18-10-5-8(13(14,15)16)6-17-11(10)20/h2-6H,7H2,1H3,(H,17,20)(H,18,21). The Labute approximate surface area is 127 Å². The lowest BCUT2D eigenvalue weighted by Gasteiger charge is -2.17. The van der Waals surface area contributed by atoms with Crippen LogP contribution in [-0.2, 0) is 12.7 Å². The summed E-state index contributed by atoms with van der Waals surface area (Å²) in [6, 6.07) is 3.59. The highest BCUT2D eigenvalue weighted by atomic mass is 32.1. The summed E-state index contributed by atoms with van der Waals surface area (Å²) in [6.07, 6.45) is -4.04. The Bertz CT molecular complexity index is 710. The number of amides is 2. The van der Waals surface area contributed by atoms with E-state index in [2.05, 4.69) is 5.32 Å². The van der Waals surface area contributed by atoms with Crippen molar-refractivity contribution in [1.29, 1.82) is 0 Å². The summed E-state index contributed by atoms with van der Waals surface area (Å²) in [5.41, 5.74) is -2.29. The number of H-pyrrole nitrogens is 1. The number of anilines is 1. The molecule has 2 N–H and O–H groups in total. The van der Waals surface area contributed by atoms with E-state index in [0.717, 1.165) is 4.88 Å². The van der Waals surface area contributed by atoms with Crippen molar-refractivity contribution < 1.29 is 18.0 Å². The van der Waals surface area contributed by atoms with Crippen molar-refractivity contribution >= 4 is 23.1 Å². The van der Waals surface area contributed by atoms with Crippen LogP contribution in [0.3, 0.4) is 0 Å². The monoisotopic (exact) mass is 331 g/mol. The molecular formula is C13H12F3N3O2S. The van der Waals surface area contributed by atoms with Crippen LogP contribution in [0.5, 0.6) is 0 Å². The fourth-order valence-electron chi connectivity index (χ4n) is 1.66. The molecule has 0 unspecified atom stereocenters. The van der Waals surface area contributed by atoms with Crippen molar-refractivity contribution in [2.24, 2.45) is 0 Å². The lowest BCUT2D eigenvalue weighted by atomic mass is 10.2. The molecule has 2 heterocycles. The number of carbonyl (C=O) groups excluding carboxylic acids is 1. The first-order valence-electron chi connectivity index (χ1n) is 6.12. The molecule has 0 atom stereocenters. The van der Waals surface area contributed by atoms with Gasteiger partial charge in [-0.3, -0.25) is 4.79 Å². The molecule has 5 nitrogen and oxygen atoms in total. The van der Waals surface area contributed by atoms with Crippen molar-refractivity contribution in [3.8, 4) is 0 Å². The number of alkyl halides is 3. The lowest BCUT2D eigenvalue weighted by Crippen LogP contribution is -2.32. The van der Waals surface area contributed by atoms with Gasteiger partial charge in [0.05, 0.1) is 12.1 Å². The third kappa shape index (κ3) is 3.88. The number of carbonyl (C=O) groups is 1. The summed E-state index contributed by atoms with van der Waals surface area (Å²) < 4.78 is 37.8. The Morgan fingerprint density at radius 3 is 2.77 bits per heavy atom. The summed E-state index contributed by atoms with van der Waals surface area (Å²) in [5.74, 6) is 0. The summed E-state index contributed by atoms with van der Waals surface area (Å²) in [7, 11) is 1.48. The van der Waals surface area contributed by atoms with E-state index in [9.17, 15) is 22.8 Å². The molecular weight excluding hydrogens is 319 g/mol. The average molecular weight is 331 g/mol. The molecule has 22 heavy (non-hydrogen) atoms. The summed E-state index contributed by atoms with van der Waals surface area (Å²) in [5, 5.41) is 4.03. The number of aromatic nitrogens is 1. The number of pyridine rings is 1. The van der Waals surface area contributed by atoms with E-state index in [-0.39, 0.29) is 0 Å². The third-order valence-electron chi connectivity index (χ3n) is 2.79. The first-order chi connectivity index (χ1) is 10.3. The van der Waals surface area contributed by atoms with Crippen LogP contribution in [0.25, 0.3) is 0 Å². The highest BCUT2D eigenvalue weighted by Gasteiger charge is 2.31. The quantitative estimate of drug-likeness (QED) is 0.907. The number of nitrogens with one attached hydrogen (secondary N) is 2. The van der Waals surface area contributed by atoms with Crippen molar-refractivity contribution in [3.63, 3.8) is 0 Å². The normalized spacial score (nSPS) is 11.3. The van der Waals surface area contributed by atoms with Crippen LogP contribution < -0.4 is 10.9 Å². The number of hydrogen-bond donors (Lipinski definition) is 2. The molecule has 0 spiro atoms. The fraction of sp³-hybridized carbons (Fsp3) is 0.231. The van der Waals surface area contributed by atoms with Crippen LogP contribution in [0.4, 0.5) is 23.7 Å². The molecule has 0 saturated carbocycles. The van der Waals surface area contributed by atoms with E-state index in [1.54, 1.807) is 0 Å². The highest BCUT2D eigenvalue weighted by Crippen LogP contribution is 2.29. The first-order valence-corrected chi connectivity index (χ1v) is 7.00. The van der Waals surface area contributed by atoms with Crippen molar-refractivity contribution in [3.05, 3.63) is 50.6 Å². The zero-order chi connectivity index (χ0) is 16.3. The van der Waals surface area contributed by atoms with Gasteiger partial charge in [-0.25, -0.2) is 4.79 Å². The molecule has 2 amide bonds. The Balaban J connectivity index is 2.12. The second kappa shape index (κ2) is 6.22. The number of nitrogens with zero attached hydrogens (tertiary/aromatic N) is 1. The van der Waals surface area contributed by atoms with Gasteiger partial charge >= 0.3 is 12.2 Å². The second-order valence-electron chi connectivity index (χ2n) is 4.49. The number of rotatable bonds is 3. The maximum Gasteiger partial charge on any atom is 0.417 e. The molecule has 0 aliphatic rings. The van der Waals surface area contributed by atoms with Gasteiger partial charge in [-0.05, 0) is 17.5 Å². The zero-order valence-electron chi connectivity index (χ0n) is 11.4. The van der Waals surface area contributed by atoms with Crippen LogP contribution in [0.15, 0.2) is 34.6 Å². The van der Waals surface area contributed by atoms with E-state index in [0.29, 0.717) is 18.8 Å². The minimum atomic E-state index is -4.60. The molecule has 0 saturated heterocycles. The number of urea groups is 1. The number of hydrogen-bond acceptors (Lipinski definition) is 3. The zero-order valence-corrected chi connectivity index (χ0v) is 12.2. The van der Waals surface area contributed by atoms with E-state index in [4.69, 9.17) is 0 Å². The molecule has 0 aliphatic heterocycles. The summed E-state index contributed by atoms with van der Waals surface area (Å²) in [6.45, 7) is 0.292. The molecule has 2 aromatic rings. The molecule has 2 aromatic heterocycles. The fourth-order valence-corrected chi connectivity index (χ4v) is 2.42. The van der Waals surface area contributed by atoms with E-state index in [1.165, 1.54) is 23.3 Å². The van der Waals surface area contributed by atoms with Crippen molar-refractivity contribution in [2.75, 3.05) is 12.4 Å². The number of halogens is 3. The molecule has 0 aromatic carbocycles. The number of thiophene rings is 1. The van der Waals surface area contributed by atoms with Gasteiger partial charge in [-0.2, -0.15) is 13.2 Å².